The van der Waals surface area contributed by atoms with Gasteiger partial charge in [-0.15, -0.1) is 0 Å². The van der Waals surface area contributed by atoms with Crippen molar-refractivity contribution in [1.29, 1.82) is 0 Å². The van der Waals surface area contributed by atoms with E-state index >= 15 is 0 Å². The highest BCUT2D eigenvalue weighted by Gasteiger charge is 2.49. The summed E-state index contributed by atoms with van der Waals surface area (Å²) >= 11 is 3.49. The van der Waals surface area contributed by atoms with Gasteiger partial charge in [0.05, 0.1) is 0 Å². The summed E-state index contributed by atoms with van der Waals surface area (Å²) in [6.07, 6.45) is 3.35. The van der Waals surface area contributed by atoms with Gasteiger partial charge < -0.3 is 10.8 Å². The Morgan fingerprint density at radius 1 is 1.19 bits per heavy atom. The molecule has 0 unspecified atom stereocenters. The van der Waals surface area contributed by atoms with Crippen LogP contribution in [0.1, 0.15) is 36.8 Å². The molecular weight excluding hydrogens is 344 g/mol. The van der Waals surface area contributed by atoms with Crippen LogP contribution in [0.4, 0.5) is 8.78 Å². The molecule has 1 aromatic carbocycles. The van der Waals surface area contributed by atoms with Crippen molar-refractivity contribution in [2.24, 2.45) is 5.73 Å². The second-order valence-electron chi connectivity index (χ2n) is 5.89. The highest BCUT2D eigenvalue weighted by Crippen LogP contribution is 2.54. The van der Waals surface area contributed by atoms with E-state index in [1.54, 1.807) is 6.08 Å². The first-order chi connectivity index (χ1) is 9.78. The quantitative estimate of drug-likeness (QED) is 0.810. The normalized spacial score (nSPS) is 31.1. The number of rotatable bonds is 1. The SMILES string of the molecule is NC1(C(=O)O)CCC2(CC1)C(Br)=Cc1cc(F)c(F)cc12. The highest BCUT2D eigenvalue weighted by molar-refractivity contribution is 9.11. The topological polar surface area (TPSA) is 63.3 Å². The standard InChI is InChI=1S/C15H14BrF2NO2/c16-12-6-8-5-10(17)11(18)7-9(8)14(12)1-3-15(19,4-2-14)13(20)21/h5-7H,1-4,19H2,(H,20,21). The molecule has 1 fully saturated rings. The molecule has 3 N–H and O–H groups in total. The van der Waals surface area contributed by atoms with Crippen LogP contribution in [0.2, 0.25) is 0 Å². The van der Waals surface area contributed by atoms with Crippen molar-refractivity contribution in [3.05, 3.63) is 39.4 Å². The van der Waals surface area contributed by atoms with E-state index in [1.807, 2.05) is 0 Å². The third-order valence-corrected chi connectivity index (χ3v) is 5.76. The molecule has 3 nitrogen and oxygen atoms in total. The van der Waals surface area contributed by atoms with E-state index in [2.05, 4.69) is 15.9 Å². The lowest BCUT2D eigenvalue weighted by Gasteiger charge is -2.42. The zero-order chi connectivity index (χ0) is 15.4. The lowest BCUT2D eigenvalue weighted by Crippen LogP contribution is -2.53. The van der Waals surface area contributed by atoms with Crippen molar-refractivity contribution in [2.75, 3.05) is 0 Å². The Labute approximate surface area is 129 Å². The summed E-state index contributed by atoms with van der Waals surface area (Å²) in [5, 5.41) is 9.21. The first-order valence-electron chi connectivity index (χ1n) is 6.68. The molecule has 0 saturated heterocycles. The monoisotopic (exact) mass is 357 g/mol. The molecule has 3 rings (SSSR count). The molecule has 2 aliphatic carbocycles. The van der Waals surface area contributed by atoms with E-state index in [0.29, 0.717) is 36.8 Å². The minimum atomic E-state index is -1.24. The zero-order valence-corrected chi connectivity index (χ0v) is 12.7. The van der Waals surface area contributed by atoms with Gasteiger partial charge in [-0.05, 0) is 55.0 Å². The molecule has 0 bridgehead atoms. The summed E-state index contributed by atoms with van der Waals surface area (Å²) in [7, 11) is 0. The summed E-state index contributed by atoms with van der Waals surface area (Å²) in [6.45, 7) is 0. The molecule has 1 aromatic rings. The number of allylic oxidation sites excluding steroid dienone is 1. The lowest BCUT2D eigenvalue weighted by atomic mass is 9.65. The fourth-order valence-corrected chi connectivity index (χ4v) is 4.20. The van der Waals surface area contributed by atoms with E-state index in [1.165, 1.54) is 12.1 Å². The molecule has 0 atom stereocenters. The predicted octanol–water partition coefficient (Wildman–Crippen LogP) is 3.31. The minimum Gasteiger partial charge on any atom is -0.480 e. The van der Waals surface area contributed by atoms with Crippen LogP contribution in [0.5, 0.6) is 0 Å². The third kappa shape index (κ3) is 2.04. The molecule has 0 amide bonds. The number of nitrogens with two attached hydrogens (primary N) is 1. The van der Waals surface area contributed by atoms with Crippen LogP contribution in [-0.2, 0) is 10.2 Å². The van der Waals surface area contributed by atoms with E-state index < -0.39 is 28.6 Å². The number of benzene rings is 1. The predicted molar refractivity (Wildman–Crippen MR) is 78.0 cm³/mol. The van der Waals surface area contributed by atoms with Crippen molar-refractivity contribution >= 4 is 28.0 Å². The van der Waals surface area contributed by atoms with Gasteiger partial charge >= 0.3 is 5.97 Å². The van der Waals surface area contributed by atoms with Gasteiger partial charge in [0.25, 0.3) is 0 Å². The average Bonchev–Trinajstić information content (AvgIpc) is 2.67. The van der Waals surface area contributed by atoms with E-state index in [0.717, 1.165) is 4.48 Å². The van der Waals surface area contributed by atoms with Crippen LogP contribution in [0.3, 0.4) is 0 Å². The highest BCUT2D eigenvalue weighted by atomic mass is 79.9. The Hall–Kier alpha value is -1.27. The van der Waals surface area contributed by atoms with Crippen LogP contribution in [0.15, 0.2) is 16.6 Å². The number of fused-ring (bicyclic) bond motifs is 2. The maximum atomic E-state index is 13.6. The maximum absolute atomic E-state index is 13.6. The molecule has 1 saturated carbocycles. The summed E-state index contributed by atoms with van der Waals surface area (Å²) < 4.78 is 27.8. The third-order valence-electron chi connectivity index (χ3n) is 4.77. The van der Waals surface area contributed by atoms with Crippen molar-refractivity contribution in [3.63, 3.8) is 0 Å². The van der Waals surface area contributed by atoms with Gasteiger partial charge in [0.1, 0.15) is 5.54 Å². The van der Waals surface area contributed by atoms with Crippen molar-refractivity contribution in [3.8, 4) is 0 Å². The van der Waals surface area contributed by atoms with Crippen molar-refractivity contribution in [2.45, 2.75) is 36.6 Å². The van der Waals surface area contributed by atoms with E-state index in [-0.39, 0.29) is 0 Å². The molecule has 21 heavy (non-hydrogen) atoms. The minimum absolute atomic E-state index is 0.295. The largest absolute Gasteiger partial charge is 0.480 e. The second-order valence-corrected chi connectivity index (χ2v) is 6.74. The number of carbonyl (C=O) groups is 1. The van der Waals surface area contributed by atoms with Crippen molar-refractivity contribution < 1.29 is 18.7 Å². The van der Waals surface area contributed by atoms with Gasteiger partial charge in [-0.3, -0.25) is 4.79 Å². The molecule has 1 spiro atoms. The molecule has 6 heteroatoms. The number of aliphatic carboxylic acids is 1. The van der Waals surface area contributed by atoms with Crippen LogP contribution in [0.25, 0.3) is 6.08 Å². The van der Waals surface area contributed by atoms with Gasteiger partial charge in [-0.1, -0.05) is 15.9 Å². The van der Waals surface area contributed by atoms with Crippen molar-refractivity contribution in [1.82, 2.24) is 0 Å². The first kappa shape index (κ1) is 14.7. The number of carboxylic acids is 1. The number of halogens is 3. The van der Waals surface area contributed by atoms with Crippen LogP contribution in [-0.4, -0.2) is 16.6 Å². The zero-order valence-electron chi connectivity index (χ0n) is 11.1. The van der Waals surface area contributed by atoms with Crippen LogP contribution < -0.4 is 5.73 Å². The van der Waals surface area contributed by atoms with Gasteiger partial charge in [0.15, 0.2) is 11.6 Å². The molecule has 0 aliphatic heterocycles. The Kier molecular flexibility index (Phi) is 3.22. The lowest BCUT2D eigenvalue weighted by molar-refractivity contribution is -0.145. The van der Waals surface area contributed by atoms with Crippen LogP contribution >= 0.6 is 15.9 Å². The summed E-state index contributed by atoms with van der Waals surface area (Å²) in [6, 6.07) is 2.40. The van der Waals surface area contributed by atoms with Gasteiger partial charge in [-0.25, -0.2) is 8.78 Å². The van der Waals surface area contributed by atoms with Gasteiger partial charge in [0, 0.05) is 9.90 Å². The number of hydrogen-bond donors (Lipinski definition) is 2. The van der Waals surface area contributed by atoms with Crippen LogP contribution in [0, 0.1) is 11.6 Å². The number of carboxylic acid groups (broad SMARTS) is 1. The molecule has 0 aromatic heterocycles. The molecule has 0 heterocycles. The summed E-state index contributed by atoms with van der Waals surface area (Å²) in [4.78, 5) is 11.2. The molecule has 2 aliphatic rings. The van der Waals surface area contributed by atoms with Gasteiger partial charge in [0.2, 0.25) is 0 Å². The number of hydrogen-bond acceptors (Lipinski definition) is 2. The second kappa shape index (κ2) is 4.61. The summed E-state index contributed by atoms with van der Waals surface area (Å²) in [5.41, 5.74) is 5.53. The fourth-order valence-electron chi connectivity index (χ4n) is 3.34. The molecule has 0 radical (unpaired) electrons. The fraction of sp³-hybridized carbons (Fsp3) is 0.400. The molecular formula is C15H14BrF2NO2. The average molecular weight is 358 g/mol. The first-order valence-corrected chi connectivity index (χ1v) is 7.47. The van der Waals surface area contributed by atoms with Gasteiger partial charge in [-0.2, -0.15) is 0 Å². The summed E-state index contributed by atoms with van der Waals surface area (Å²) in [5.74, 6) is -2.77. The Morgan fingerprint density at radius 2 is 1.76 bits per heavy atom. The Morgan fingerprint density at radius 3 is 2.33 bits per heavy atom. The Balaban J connectivity index is 2.01. The molecule has 112 valence electrons. The van der Waals surface area contributed by atoms with E-state index in [4.69, 9.17) is 5.73 Å². The van der Waals surface area contributed by atoms with E-state index in [9.17, 15) is 18.7 Å². The maximum Gasteiger partial charge on any atom is 0.323 e. The smallest absolute Gasteiger partial charge is 0.323 e. The Bertz CT molecular complexity index is 664.